The first-order chi connectivity index (χ1) is 11.6. The molecule has 3 rings (SSSR count). The molecule has 0 unspecified atom stereocenters. The van der Waals surface area contributed by atoms with Gasteiger partial charge in [0.05, 0.1) is 12.7 Å². The summed E-state index contributed by atoms with van der Waals surface area (Å²) in [7, 11) is 1.47. The van der Waals surface area contributed by atoms with E-state index in [1.54, 1.807) is 18.2 Å². The summed E-state index contributed by atoms with van der Waals surface area (Å²) in [5.41, 5.74) is 2.50. The molecule has 1 N–H and O–H groups in total. The number of halogens is 1. The van der Waals surface area contributed by atoms with Crippen molar-refractivity contribution in [3.8, 4) is 16.3 Å². The predicted octanol–water partition coefficient (Wildman–Crippen LogP) is 3.31. The quantitative estimate of drug-likeness (QED) is 0.786. The van der Waals surface area contributed by atoms with Gasteiger partial charge in [-0.25, -0.2) is 4.39 Å². The molecule has 0 radical (unpaired) electrons. The van der Waals surface area contributed by atoms with Crippen molar-refractivity contribution in [1.29, 1.82) is 0 Å². The Morgan fingerprint density at radius 3 is 2.67 bits per heavy atom. The average molecular weight is 344 g/mol. The summed E-state index contributed by atoms with van der Waals surface area (Å²) in [6.45, 7) is 1.82. The second kappa shape index (κ2) is 6.71. The molecule has 6 nitrogen and oxygen atoms in total. The molecule has 0 spiro atoms. The minimum absolute atomic E-state index is 0.322. The van der Waals surface area contributed by atoms with Crippen LogP contribution >= 0.6 is 11.3 Å². The average Bonchev–Trinajstić information content (AvgIpc) is 3.03. The zero-order chi connectivity index (χ0) is 17.1. The van der Waals surface area contributed by atoms with Crippen LogP contribution in [-0.2, 0) is 0 Å². The molecule has 0 saturated carbocycles. The van der Waals surface area contributed by atoms with Crippen LogP contribution in [0.15, 0.2) is 36.5 Å². The highest BCUT2D eigenvalue weighted by Gasteiger charge is 2.16. The number of pyridine rings is 1. The number of methoxy groups -OCH3 is 1. The largest absolute Gasteiger partial charge is 0.472 e. The van der Waals surface area contributed by atoms with E-state index in [9.17, 15) is 9.18 Å². The monoisotopic (exact) mass is 344 g/mol. The first-order valence-electron chi connectivity index (χ1n) is 6.98. The molecule has 0 saturated heterocycles. The molecular weight excluding hydrogens is 331 g/mol. The molecule has 0 atom stereocenters. The molecule has 3 aromatic rings. The fraction of sp³-hybridized carbons (Fsp3) is 0.125. The molecule has 122 valence electrons. The number of anilines is 1. The predicted molar refractivity (Wildman–Crippen MR) is 88.8 cm³/mol. The van der Waals surface area contributed by atoms with Gasteiger partial charge in [-0.1, -0.05) is 17.2 Å². The first-order valence-corrected chi connectivity index (χ1v) is 7.80. The van der Waals surface area contributed by atoms with E-state index < -0.39 is 0 Å². The zero-order valence-electron chi connectivity index (χ0n) is 12.9. The van der Waals surface area contributed by atoms with Gasteiger partial charge in [0.1, 0.15) is 5.82 Å². The lowest BCUT2D eigenvalue weighted by Crippen LogP contribution is -2.13. The number of hydrogen-bond acceptors (Lipinski definition) is 6. The third kappa shape index (κ3) is 3.38. The van der Waals surface area contributed by atoms with Gasteiger partial charge in [-0.2, -0.15) is 0 Å². The van der Waals surface area contributed by atoms with Gasteiger partial charge in [-0.15, -0.1) is 5.10 Å². The molecule has 2 heterocycles. The van der Waals surface area contributed by atoms with Crippen molar-refractivity contribution in [2.45, 2.75) is 6.92 Å². The molecule has 0 fully saturated rings. The summed E-state index contributed by atoms with van der Waals surface area (Å²) in [6, 6.07) is 7.72. The maximum absolute atomic E-state index is 13.1. The minimum atomic E-state index is -0.374. The highest BCUT2D eigenvalue weighted by atomic mass is 32.1. The van der Waals surface area contributed by atoms with Gasteiger partial charge < -0.3 is 4.74 Å². The van der Waals surface area contributed by atoms with Crippen LogP contribution in [-0.4, -0.2) is 28.2 Å². The minimum Gasteiger partial charge on any atom is -0.472 e. The lowest BCUT2D eigenvalue weighted by Gasteiger charge is -2.09. The normalized spacial score (nSPS) is 10.5. The number of amides is 1. The molecule has 0 aliphatic heterocycles. The SMILES string of the molecule is COc1nnc(NC(=O)c2cnc(C)cc2-c2ccc(F)cc2)s1. The van der Waals surface area contributed by atoms with Crippen LogP contribution < -0.4 is 10.1 Å². The molecule has 0 bridgehead atoms. The third-order valence-electron chi connectivity index (χ3n) is 3.24. The van der Waals surface area contributed by atoms with E-state index in [-0.39, 0.29) is 11.7 Å². The number of ether oxygens (including phenoxy) is 1. The molecule has 0 aliphatic rings. The van der Waals surface area contributed by atoms with Crippen molar-refractivity contribution in [1.82, 2.24) is 15.2 Å². The number of aryl methyl sites for hydroxylation is 1. The van der Waals surface area contributed by atoms with E-state index in [1.165, 1.54) is 25.4 Å². The Hall–Kier alpha value is -2.87. The Morgan fingerprint density at radius 2 is 2.00 bits per heavy atom. The summed E-state index contributed by atoms with van der Waals surface area (Å²) in [5.74, 6) is -0.711. The number of benzene rings is 1. The van der Waals surface area contributed by atoms with E-state index in [2.05, 4.69) is 20.5 Å². The van der Waals surface area contributed by atoms with E-state index in [4.69, 9.17) is 4.74 Å². The van der Waals surface area contributed by atoms with Crippen molar-refractivity contribution in [2.75, 3.05) is 12.4 Å². The molecule has 8 heteroatoms. The molecule has 2 aromatic heterocycles. The van der Waals surface area contributed by atoms with Crippen LogP contribution in [0.5, 0.6) is 5.19 Å². The number of carbonyl (C=O) groups excluding carboxylic acids is 1. The van der Waals surface area contributed by atoms with Gasteiger partial charge in [0, 0.05) is 11.9 Å². The summed E-state index contributed by atoms with van der Waals surface area (Å²) in [4.78, 5) is 16.7. The Balaban J connectivity index is 1.94. The van der Waals surface area contributed by atoms with Crippen LogP contribution in [0.2, 0.25) is 0 Å². The van der Waals surface area contributed by atoms with Gasteiger partial charge in [-0.05, 0) is 47.6 Å². The second-order valence-corrected chi connectivity index (χ2v) is 5.85. The van der Waals surface area contributed by atoms with Gasteiger partial charge in [-0.3, -0.25) is 15.1 Å². The number of aromatic nitrogens is 3. The van der Waals surface area contributed by atoms with Crippen LogP contribution in [0.1, 0.15) is 16.1 Å². The van der Waals surface area contributed by atoms with Gasteiger partial charge in [0.2, 0.25) is 5.13 Å². The van der Waals surface area contributed by atoms with Crippen LogP contribution in [0.3, 0.4) is 0 Å². The van der Waals surface area contributed by atoms with Crippen molar-refractivity contribution in [3.05, 3.63) is 53.6 Å². The fourth-order valence-electron chi connectivity index (χ4n) is 2.12. The van der Waals surface area contributed by atoms with E-state index in [1.807, 2.05) is 6.92 Å². The van der Waals surface area contributed by atoms with E-state index in [0.29, 0.717) is 21.5 Å². The number of hydrogen-bond donors (Lipinski definition) is 1. The highest BCUT2D eigenvalue weighted by molar-refractivity contribution is 7.17. The van der Waals surface area contributed by atoms with Crippen LogP contribution in [0.25, 0.3) is 11.1 Å². The van der Waals surface area contributed by atoms with Crippen molar-refractivity contribution >= 4 is 22.4 Å². The maximum Gasteiger partial charge on any atom is 0.295 e. The van der Waals surface area contributed by atoms with Crippen molar-refractivity contribution < 1.29 is 13.9 Å². The standard InChI is InChI=1S/C16H13FN4O2S/c1-9-7-12(10-3-5-11(17)6-4-10)13(8-18-9)14(22)19-15-20-21-16(23-2)24-15/h3-8H,1-2H3,(H,19,20,22). The summed E-state index contributed by atoms with van der Waals surface area (Å²) >= 11 is 1.12. The van der Waals surface area contributed by atoms with Gasteiger partial charge >= 0.3 is 0 Å². The van der Waals surface area contributed by atoms with Crippen LogP contribution in [0.4, 0.5) is 9.52 Å². The molecule has 1 aromatic carbocycles. The molecular formula is C16H13FN4O2S. The van der Waals surface area contributed by atoms with E-state index in [0.717, 1.165) is 22.6 Å². The summed E-state index contributed by atoms with van der Waals surface area (Å²) in [5, 5.41) is 10.9. The number of nitrogens with zero attached hydrogens (tertiary/aromatic N) is 3. The zero-order valence-corrected chi connectivity index (χ0v) is 13.7. The van der Waals surface area contributed by atoms with Crippen molar-refractivity contribution in [2.24, 2.45) is 0 Å². The first kappa shape index (κ1) is 16.0. The maximum atomic E-state index is 13.1. The van der Waals surface area contributed by atoms with Gasteiger partial charge in [0.25, 0.3) is 11.1 Å². The highest BCUT2D eigenvalue weighted by Crippen LogP contribution is 2.27. The van der Waals surface area contributed by atoms with E-state index >= 15 is 0 Å². The topological polar surface area (TPSA) is 77.0 Å². The lowest BCUT2D eigenvalue weighted by molar-refractivity contribution is 0.102. The van der Waals surface area contributed by atoms with Crippen molar-refractivity contribution in [3.63, 3.8) is 0 Å². The number of nitrogens with one attached hydrogen (secondary N) is 1. The molecule has 24 heavy (non-hydrogen) atoms. The number of carbonyl (C=O) groups is 1. The molecule has 0 aliphatic carbocycles. The second-order valence-electron chi connectivity index (χ2n) is 4.91. The Morgan fingerprint density at radius 1 is 1.25 bits per heavy atom. The van der Waals surface area contributed by atoms with Gasteiger partial charge in [0.15, 0.2) is 0 Å². The third-order valence-corrected chi connectivity index (χ3v) is 4.04. The fourth-order valence-corrected chi connectivity index (χ4v) is 2.67. The summed E-state index contributed by atoms with van der Waals surface area (Å²) in [6.07, 6.45) is 1.49. The Labute approximate surface area is 141 Å². The lowest BCUT2D eigenvalue weighted by atomic mass is 10.0. The molecule has 1 amide bonds. The Kier molecular flexibility index (Phi) is 4.48. The Bertz CT molecular complexity index is 880. The summed E-state index contributed by atoms with van der Waals surface area (Å²) < 4.78 is 18.1. The smallest absolute Gasteiger partial charge is 0.295 e. The van der Waals surface area contributed by atoms with Crippen LogP contribution in [0, 0.1) is 12.7 Å². The number of rotatable bonds is 4.